The Morgan fingerprint density at radius 1 is 0.848 bits per heavy atom. The number of carbonyl (C=O) groups is 2. The Balaban J connectivity index is 1.22. The van der Waals surface area contributed by atoms with E-state index < -0.39 is 0 Å². The zero-order chi connectivity index (χ0) is 33.4. The number of nitrogens with zero attached hydrogens (tertiary/aromatic N) is 3. The van der Waals surface area contributed by atoms with Gasteiger partial charge in [-0.2, -0.15) is 4.63 Å². The molecule has 0 aliphatic carbocycles. The molecule has 0 fully saturated rings. The maximum absolute atomic E-state index is 12.4. The SMILES string of the molecule is CCCCCCCCCCCCCCCCCC(=O)NCCNC(=O)Nc1ccc(-c2nc3c(Cl)c(C(C)(C)C)[nH]n3n2)c(C)c1. The summed E-state index contributed by atoms with van der Waals surface area (Å²) in [4.78, 5) is 29.2. The standard InChI is InChI=1S/C36H58ClN7O2/c1-6-7-8-9-10-11-12-13-14-15-16-17-18-19-20-21-30(45)38-24-25-39-35(46)40-28-22-23-29(27(2)26-28)33-41-34-31(37)32(36(3,4)5)42-44(34)43-33/h22-23,26,42H,6-21,24-25H2,1-5H3,(H,38,45)(H2,39,40,46). The number of rotatable bonds is 21. The molecule has 10 heteroatoms. The van der Waals surface area contributed by atoms with E-state index >= 15 is 0 Å². The third-order valence-electron chi connectivity index (χ3n) is 8.46. The van der Waals surface area contributed by atoms with E-state index in [4.69, 9.17) is 11.6 Å². The highest BCUT2D eigenvalue weighted by molar-refractivity contribution is 6.34. The van der Waals surface area contributed by atoms with Crippen molar-refractivity contribution < 1.29 is 9.59 Å². The number of urea groups is 1. The molecule has 256 valence electrons. The molecule has 0 saturated heterocycles. The highest BCUT2D eigenvalue weighted by Crippen LogP contribution is 2.32. The second kappa shape index (κ2) is 19.6. The maximum Gasteiger partial charge on any atom is 0.319 e. The lowest BCUT2D eigenvalue weighted by Crippen LogP contribution is -2.36. The Bertz CT molecular complexity index is 1360. The first kappa shape index (κ1) is 37.4. The number of nitrogens with one attached hydrogen (secondary N) is 4. The Morgan fingerprint density at radius 3 is 1.96 bits per heavy atom. The van der Waals surface area contributed by atoms with Crippen molar-refractivity contribution in [3.05, 3.63) is 34.5 Å². The summed E-state index contributed by atoms with van der Waals surface area (Å²) in [7, 11) is 0. The van der Waals surface area contributed by atoms with Gasteiger partial charge in [-0.3, -0.25) is 9.89 Å². The molecule has 0 bridgehead atoms. The lowest BCUT2D eigenvalue weighted by Gasteiger charge is -2.16. The minimum Gasteiger partial charge on any atom is -0.354 e. The Hall–Kier alpha value is -3.07. The van der Waals surface area contributed by atoms with Gasteiger partial charge >= 0.3 is 6.03 Å². The summed E-state index contributed by atoms with van der Waals surface area (Å²) in [5.74, 6) is 0.603. The minimum absolute atomic E-state index is 0.0450. The van der Waals surface area contributed by atoms with E-state index in [2.05, 4.69) is 58.8 Å². The monoisotopic (exact) mass is 655 g/mol. The molecule has 3 amide bonds. The van der Waals surface area contributed by atoms with Crippen LogP contribution in [0.25, 0.3) is 17.0 Å². The Morgan fingerprint density at radius 2 is 1.41 bits per heavy atom. The van der Waals surface area contributed by atoms with Crippen LogP contribution in [0.1, 0.15) is 142 Å². The van der Waals surface area contributed by atoms with Gasteiger partial charge in [-0.15, -0.1) is 5.10 Å². The van der Waals surface area contributed by atoms with Gasteiger partial charge in [0, 0.05) is 36.2 Å². The first-order chi connectivity index (χ1) is 22.1. The van der Waals surface area contributed by atoms with Crippen LogP contribution in [0.3, 0.4) is 0 Å². The lowest BCUT2D eigenvalue weighted by atomic mass is 9.92. The summed E-state index contributed by atoms with van der Waals surface area (Å²) in [6.45, 7) is 11.2. The smallest absolute Gasteiger partial charge is 0.319 e. The van der Waals surface area contributed by atoms with Crippen molar-refractivity contribution in [2.24, 2.45) is 0 Å². The van der Waals surface area contributed by atoms with Crippen molar-refractivity contribution in [1.29, 1.82) is 0 Å². The van der Waals surface area contributed by atoms with Gasteiger partial charge in [0.05, 0.1) is 5.69 Å². The Kier molecular flexibility index (Phi) is 15.9. The molecule has 9 nitrogen and oxygen atoms in total. The number of amides is 3. The van der Waals surface area contributed by atoms with Crippen LogP contribution >= 0.6 is 11.6 Å². The number of carbonyl (C=O) groups excluding carboxylic acids is 2. The van der Waals surface area contributed by atoms with Gasteiger partial charge in [0.25, 0.3) is 0 Å². The predicted molar refractivity (Wildman–Crippen MR) is 191 cm³/mol. The number of benzene rings is 1. The highest BCUT2D eigenvalue weighted by atomic mass is 35.5. The predicted octanol–water partition coefficient (Wildman–Crippen LogP) is 9.48. The second-order valence-electron chi connectivity index (χ2n) is 13.7. The molecule has 0 atom stereocenters. The molecule has 0 spiro atoms. The van der Waals surface area contributed by atoms with E-state index in [0.717, 1.165) is 29.7 Å². The maximum atomic E-state index is 12.4. The van der Waals surface area contributed by atoms with Crippen LogP contribution in [0.15, 0.2) is 18.2 Å². The van der Waals surface area contributed by atoms with Crippen LogP contribution in [-0.2, 0) is 10.2 Å². The molecular weight excluding hydrogens is 598 g/mol. The molecule has 2 heterocycles. The van der Waals surface area contributed by atoms with E-state index in [0.29, 0.717) is 41.7 Å². The molecule has 3 aromatic rings. The number of unbranched alkanes of at least 4 members (excludes halogenated alkanes) is 14. The molecule has 4 N–H and O–H groups in total. The fourth-order valence-electron chi connectivity index (χ4n) is 5.70. The molecule has 0 unspecified atom stereocenters. The molecular formula is C36H58ClN7O2. The molecule has 0 saturated carbocycles. The van der Waals surface area contributed by atoms with E-state index in [9.17, 15) is 9.59 Å². The third-order valence-corrected chi connectivity index (χ3v) is 8.81. The zero-order valence-corrected chi connectivity index (χ0v) is 29.8. The quantitative estimate of drug-likeness (QED) is 0.0855. The van der Waals surface area contributed by atoms with Gasteiger partial charge in [0.2, 0.25) is 5.91 Å². The molecule has 2 aromatic heterocycles. The molecule has 0 aliphatic rings. The lowest BCUT2D eigenvalue weighted by molar-refractivity contribution is -0.121. The van der Waals surface area contributed by atoms with Crippen molar-refractivity contribution in [3.8, 4) is 11.4 Å². The molecule has 46 heavy (non-hydrogen) atoms. The van der Waals surface area contributed by atoms with Crippen LogP contribution in [0.4, 0.5) is 10.5 Å². The number of hydrogen-bond donors (Lipinski definition) is 4. The van der Waals surface area contributed by atoms with E-state index in [1.165, 1.54) is 83.5 Å². The summed E-state index contributed by atoms with van der Waals surface area (Å²) in [5.41, 5.74) is 3.76. The van der Waals surface area contributed by atoms with Crippen LogP contribution in [0, 0.1) is 6.92 Å². The van der Waals surface area contributed by atoms with Crippen molar-refractivity contribution in [2.75, 3.05) is 18.4 Å². The number of aromatic nitrogens is 4. The fourth-order valence-corrected chi connectivity index (χ4v) is 6.15. The van der Waals surface area contributed by atoms with Crippen molar-refractivity contribution in [3.63, 3.8) is 0 Å². The van der Waals surface area contributed by atoms with Gasteiger partial charge in [0.1, 0.15) is 5.02 Å². The molecule has 0 radical (unpaired) electrons. The highest BCUT2D eigenvalue weighted by Gasteiger charge is 2.24. The normalized spacial score (nSPS) is 11.7. The zero-order valence-electron chi connectivity index (χ0n) is 29.0. The number of aromatic amines is 1. The summed E-state index contributed by atoms with van der Waals surface area (Å²) in [6.07, 6.45) is 20.2. The van der Waals surface area contributed by atoms with Crippen LogP contribution in [-0.4, -0.2) is 44.8 Å². The topological polar surface area (TPSA) is 116 Å². The summed E-state index contributed by atoms with van der Waals surface area (Å²) in [5, 5.41) is 16.9. The van der Waals surface area contributed by atoms with Gasteiger partial charge in [-0.25, -0.2) is 9.78 Å². The first-order valence-corrected chi connectivity index (χ1v) is 18.0. The van der Waals surface area contributed by atoms with Crippen molar-refractivity contribution in [2.45, 2.75) is 143 Å². The number of aryl methyl sites for hydroxylation is 1. The van der Waals surface area contributed by atoms with Gasteiger partial charge < -0.3 is 16.0 Å². The number of fused-ring (bicyclic) bond motifs is 1. The van der Waals surface area contributed by atoms with E-state index in [-0.39, 0.29) is 17.4 Å². The number of H-pyrrole nitrogens is 1. The minimum atomic E-state index is -0.321. The van der Waals surface area contributed by atoms with Gasteiger partial charge in [0.15, 0.2) is 11.5 Å². The summed E-state index contributed by atoms with van der Waals surface area (Å²) in [6, 6.07) is 5.26. The number of hydrogen-bond acceptors (Lipinski definition) is 4. The van der Waals surface area contributed by atoms with E-state index in [1.807, 2.05) is 25.1 Å². The summed E-state index contributed by atoms with van der Waals surface area (Å²) < 4.78 is 1.61. The van der Waals surface area contributed by atoms with Crippen LogP contribution < -0.4 is 16.0 Å². The van der Waals surface area contributed by atoms with Crippen molar-refractivity contribution in [1.82, 2.24) is 30.4 Å². The number of anilines is 1. The first-order valence-electron chi connectivity index (χ1n) is 17.7. The second-order valence-corrected chi connectivity index (χ2v) is 14.1. The summed E-state index contributed by atoms with van der Waals surface area (Å²) >= 11 is 6.57. The Labute approximate surface area is 281 Å². The molecule has 1 aromatic carbocycles. The molecule has 0 aliphatic heterocycles. The fraction of sp³-hybridized carbons (Fsp3) is 0.667. The van der Waals surface area contributed by atoms with Crippen LogP contribution in [0.5, 0.6) is 0 Å². The van der Waals surface area contributed by atoms with E-state index in [1.54, 1.807) is 4.63 Å². The number of halogens is 1. The average molecular weight is 656 g/mol. The largest absolute Gasteiger partial charge is 0.354 e. The van der Waals surface area contributed by atoms with Gasteiger partial charge in [-0.05, 0) is 37.1 Å². The average Bonchev–Trinajstić information content (AvgIpc) is 3.56. The van der Waals surface area contributed by atoms with Gasteiger partial charge in [-0.1, -0.05) is 129 Å². The van der Waals surface area contributed by atoms with Crippen LogP contribution in [0.2, 0.25) is 5.02 Å². The third kappa shape index (κ3) is 12.6. The molecule has 3 rings (SSSR count). The van der Waals surface area contributed by atoms with Crippen molar-refractivity contribution >= 4 is 34.9 Å².